The molecule has 0 saturated heterocycles. The Balaban J connectivity index is 1.95. The molecule has 0 saturated carbocycles. The molecule has 0 fully saturated rings. The van der Waals surface area contributed by atoms with Crippen LogP contribution in [0.1, 0.15) is 57.8 Å². The molecule has 0 spiro atoms. The van der Waals surface area contributed by atoms with Crippen molar-refractivity contribution in [1.82, 2.24) is 5.16 Å². The summed E-state index contributed by atoms with van der Waals surface area (Å²) in [5, 5.41) is 3.51. The van der Waals surface area contributed by atoms with Crippen LogP contribution in [0.15, 0.2) is 13.7 Å². The van der Waals surface area contributed by atoms with E-state index >= 15 is 0 Å². The first-order chi connectivity index (χ1) is 7.33. The van der Waals surface area contributed by atoms with Crippen molar-refractivity contribution < 1.29 is 8.94 Å². The number of aryl methyl sites for hydroxylation is 1. The summed E-state index contributed by atoms with van der Waals surface area (Å²) in [6.07, 6.45) is 9.39. The Morgan fingerprint density at radius 1 is 1.07 bits per heavy atom. The first kappa shape index (κ1) is 12.0. The summed E-state index contributed by atoms with van der Waals surface area (Å²) in [4.78, 5) is 10.5. The van der Waals surface area contributed by atoms with E-state index in [1.165, 1.54) is 38.5 Å². The molecule has 1 heterocycles. The molecule has 0 aliphatic rings. The van der Waals surface area contributed by atoms with Crippen LogP contribution in [0, 0.1) is 0 Å². The molecular weight excluding hydrogens is 194 g/mol. The van der Waals surface area contributed by atoms with Gasteiger partial charge in [-0.2, -0.15) is 0 Å². The van der Waals surface area contributed by atoms with Crippen LogP contribution in [-0.4, -0.2) is 5.16 Å². The van der Waals surface area contributed by atoms with Gasteiger partial charge in [-0.15, -0.1) is 0 Å². The highest BCUT2D eigenvalue weighted by Gasteiger charge is 2.02. The van der Waals surface area contributed by atoms with Crippen molar-refractivity contribution in [3.63, 3.8) is 0 Å². The van der Waals surface area contributed by atoms with Crippen molar-refractivity contribution in [1.29, 1.82) is 0 Å². The van der Waals surface area contributed by atoms with Gasteiger partial charge in [-0.3, -0.25) is 4.52 Å². The Bertz CT molecular complexity index is 303. The largest absolute Gasteiger partial charge is 0.542 e. The lowest BCUT2D eigenvalue weighted by Crippen LogP contribution is -1.88. The first-order valence-corrected chi connectivity index (χ1v) is 5.78. The molecule has 0 aliphatic carbocycles. The zero-order chi connectivity index (χ0) is 10.9. The fourth-order valence-electron chi connectivity index (χ4n) is 1.55. The highest BCUT2D eigenvalue weighted by atomic mass is 16.6. The topological polar surface area (TPSA) is 56.2 Å². The molecule has 0 aliphatic heterocycles. The quantitative estimate of drug-likeness (QED) is 0.623. The van der Waals surface area contributed by atoms with Crippen LogP contribution in [0.5, 0.6) is 0 Å². The third kappa shape index (κ3) is 5.40. The molecule has 86 valence electrons. The number of unbranched alkanes of at least 4 members (excludes halogenated alkanes) is 6. The second-order valence-electron chi connectivity index (χ2n) is 3.80. The van der Waals surface area contributed by atoms with Crippen molar-refractivity contribution in [2.75, 3.05) is 0 Å². The van der Waals surface area contributed by atoms with E-state index in [1.54, 1.807) is 0 Å². The van der Waals surface area contributed by atoms with Gasteiger partial charge in [0.2, 0.25) is 5.89 Å². The van der Waals surface area contributed by atoms with Gasteiger partial charge in [0, 0.05) is 6.42 Å². The van der Waals surface area contributed by atoms with Gasteiger partial charge in [0.05, 0.1) is 0 Å². The molecule has 1 rings (SSSR count). The van der Waals surface area contributed by atoms with E-state index in [-0.39, 0.29) is 0 Å². The molecule has 4 heteroatoms. The molecule has 4 nitrogen and oxygen atoms in total. The lowest BCUT2D eigenvalue weighted by Gasteiger charge is -1.98. The fraction of sp³-hybridized carbons (Fsp3) is 0.818. The summed E-state index contributed by atoms with van der Waals surface area (Å²) >= 11 is 0. The Morgan fingerprint density at radius 3 is 2.33 bits per heavy atom. The maximum absolute atomic E-state index is 10.5. The lowest BCUT2D eigenvalue weighted by molar-refractivity contribution is 0.334. The second kappa shape index (κ2) is 7.26. The van der Waals surface area contributed by atoms with Gasteiger partial charge in [0.15, 0.2) is 0 Å². The number of nitrogens with zero attached hydrogens (tertiary/aromatic N) is 1. The van der Waals surface area contributed by atoms with E-state index in [2.05, 4.69) is 16.6 Å². The normalized spacial score (nSPS) is 10.7. The highest BCUT2D eigenvalue weighted by molar-refractivity contribution is 4.70. The van der Waals surface area contributed by atoms with E-state index in [9.17, 15) is 4.79 Å². The van der Waals surface area contributed by atoms with Gasteiger partial charge in [-0.25, -0.2) is 4.79 Å². The van der Waals surface area contributed by atoms with E-state index < -0.39 is 5.82 Å². The van der Waals surface area contributed by atoms with E-state index in [0.717, 1.165) is 6.42 Å². The first-order valence-electron chi connectivity index (χ1n) is 5.78. The molecule has 0 N–H and O–H groups in total. The summed E-state index contributed by atoms with van der Waals surface area (Å²) in [6, 6.07) is 0. The number of hydrogen-bond donors (Lipinski definition) is 0. The maximum atomic E-state index is 10.5. The van der Waals surface area contributed by atoms with Crippen molar-refractivity contribution in [3.05, 3.63) is 16.5 Å². The third-order valence-electron chi connectivity index (χ3n) is 2.42. The highest BCUT2D eigenvalue weighted by Crippen LogP contribution is 2.08. The summed E-state index contributed by atoms with van der Waals surface area (Å²) in [5.74, 6) is -0.276. The molecule has 1 aromatic heterocycles. The Kier molecular flexibility index (Phi) is 5.81. The lowest BCUT2D eigenvalue weighted by atomic mass is 10.1. The summed E-state index contributed by atoms with van der Waals surface area (Å²) in [5.41, 5.74) is 0. The number of aromatic nitrogens is 1. The third-order valence-corrected chi connectivity index (χ3v) is 2.42. The minimum Gasteiger partial charge on any atom is -0.375 e. The molecule has 0 aromatic carbocycles. The van der Waals surface area contributed by atoms with E-state index in [0.29, 0.717) is 12.3 Å². The van der Waals surface area contributed by atoms with Crippen LogP contribution in [0.4, 0.5) is 0 Å². The van der Waals surface area contributed by atoms with E-state index in [4.69, 9.17) is 4.42 Å². The van der Waals surface area contributed by atoms with E-state index in [1.807, 2.05) is 0 Å². The van der Waals surface area contributed by atoms with Crippen LogP contribution in [0.2, 0.25) is 0 Å². The zero-order valence-electron chi connectivity index (χ0n) is 9.33. The summed E-state index contributed by atoms with van der Waals surface area (Å²) in [6.45, 7) is 2.21. The van der Waals surface area contributed by atoms with Gasteiger partial charge < -0.3 is 4.42 Å². The van der Waals surface area contributed by atoms with Crippen molar-refractivity contribution >= 4 is 0 Å². The average Bonchev–Trinajstić information content (AvgIpc) is 2.63. The van der Waals surface area contributed by atoms with Crippen LogP contribution >= 0.6 is 0 Å². The standard InChI is InChI=1S/C11H19NO3/c1-2-3-4-5-6-7-8-9-10-12-15-11(13)14-10/h2-9H2,1H3. The predicted molar refractivity (Wildman–Crippen MR) is 56.7 cm³/mol. The molecule has 15 heavy (non-hydrogen) atoms. The summed E-state index contributed by atoms with van der Waals surface area (Å²) in [7, 11) is 0. The molecule has 0 unspecified atom stereocenters. The Morgan fingerprint density at radius 2 is 1.73 bits per heavy atom. The van der Waals surface area contributed by atoms with Gasteiger partial charge in [-0.05, 0) is 11.6 Å². The molecule has 0 bridgehead atoms. The second-order valence-corrected chi connectivity index (χ2v) is 3.80. The molecule has 0 amide bonds. The van der Waals surface area contributed by atoms with Crippen LogP contribution in [0.25, 0.3) is 0 Å². The minimum atomic E-state index is -0.701. The Labute approximate surface area is 89.6 Å². The van der Waals surface area contributed by atoms with Crippen molar-refractivity contribution in [3.8, 4) is 0 Å². The molecule has 0 atom stereocenters. The van der Waals surface area contributed by atoms with Crippen LogP contribution in [-0.2, 0) is 6.42 Å². The SMILES string of the molecule is CCCCCCCCCc1noc(=O)o1. The fourth-order valence-corrected chi connectivity index (χ4v) is 1.55. The minimum absolute atomic E-state index is 0.425. The van der Waals surface area contributed by atoms with Crippen molar-refractivity contribution in [2.45, 2.75) is 58.3 Å². The Hall–Kier alpha value is -1.06. The van der Waals surface area contributed by atoms with Gasteiger partial charge in [-0.1, -0.05) is 45.4 Å². The van der Waals surface area contributed by atoms with Crippen LogP contribution in [0.3, 0.4) is 0 Å². The van der Waals surface area contributed by atoms with Gasteiger partial charge >= 0.3 is 5.82 Å². The summed E-state index contributed by atoms with van der Waals surface area (Å²) < 4.78 is 9.00. The average molecular weight is 213 g/mol. The van der Waals surface area contributed by atoms with Gasteiger partial charge in [0.1, 0.15) is 0 Å². The molecule has 1 aromatic rings. The van der Waals surface area contributed by atoms with Crippen molar-refractivity contribution in [2.24, 2.45) is 0 Å². The van der Waals surface area contributed by atoms with Crippen LogP contribution < -0.4 is 5.82 Å². The smallest absolute Gasteiger partial charge is 0.375 e. The maximum Gasteiger partial charge on any atom is 0.542 e. The predicted octanol–water partition coefficient (Wildman–Crippen LogP) is 2.92. The zero-order valence-corrected chi connectivity index (χ0v) is 9.33. The molecule has 0 radical (unpaired) electrons. The molecular formula is C11H19NO3. The monoisotopic (exact) mass is 213 g/mol. The van der Waals surface area contributed by atoms with Gasteiger partial charge in [0.25, 0.3) is 0 Å². The number of rotatable bonds is 8. The number of hydrogen-bond acceptors (Lipinski definition) is 4.